The van der Waals surface area contributed by atoms with Crippen LogP contribution in [0.25, 0.3) is 0 Å². The Morgan fingerprint density at radius 2 is 1.67 bits per heavy atom. The van der Waals surface area contributed by atoms with E-state index in [1.165, 1.54) is 0 Å². The van der Waals surface area contributed by atoms with Crippen molar-refractivity contribution in [3.8, 4) is 0 Å². The molecule has 0 radical (unpaired) electrons. The molecule has 0 amide bonds. The van der Waals surface area contributed by atoms with E-state index in [1.807, 2.05) is 0 Å². The third-order valence-corrected chi connectivity index (χ3v) is 0. The Morgan fingerprint density at radius 1 is 1.67 bits per heavy atom. The Labute approximate surface area is 55.8 Å². The first kappa shape index (κ1) is 16.2. The van der Waals surface area contributed by atoms with E-state index in [0.717, 1.165) is 6.92 Å². The molecular formula is C2H6CdO3. The van der Waals surface area contributed by atoms with Crippen LogP contribution in [0.1, 0.15) is 6.92 Å². The molecular weight excluding hydrogens is 184 g/mol. The van der Waals surface area contributed by atoms with Gasteiger partial charge in [-0.05, 0) is 0 Å². The summed E-state index contributed by atoms with van der Waals surface area (Å²) < 4.78 is 0. The molecule has 6 heavy (non-hydrogen) atoms. The molecule has 3 nitrogen and oxygen atoms in total. The van der Waals surface area contributed by atoms with E-state index in [2.05, 4.69) is 0 Å². The van der Waals surface area contributed by atoms with Gasteiger partial charge in [0, 0.05) is 34.2 Å². The molecule has 3 N–H and O–H groups in total. The fourth-order valence-corrected chi connectivity index (χ4v) is 0. The number of carboxylic acids is 1. The van der Waals surface area contributed by atoms with Crippen LogP contribution in [0.5, 0.6) is 0 Å². The SMILES string of the molecule is CC(=O)O.O.[Cd]. The van der Waals surface area contributed by atoms with Crippen molar-refractivity contribution in [1.82, 2.24) is 0 Å². The van der Waals surface area contributed by atoms with Crippen LogP contribution in [0.2, 0.25) is 0 Å². The maximum absolute atomic E-state index is 9.00. The van der Waals surface area contributed by atoms with Gasteiger partial charge in [-0.1, -0.05) is 0 Å². The second-order valence-corrected chi connectivity index (χ2v) is 0.519. The summed E-state index contributed by atoms with van der Waals surface area (Å²) in [5.74, 6) is -0.833. The van der Waals surface area contributed by atoms with E-state index in [1.54, 1.807) is 0 Å². The molecule has 4 heteroatoms. The van der Waals surface area contributed by atoms with Crippen molar-refractivity contribution < 1.29 is 42.7 Å². The van der Waals surface area contributed by atoms with Crippen LogP contribution in [-0.4, -0.2) is 16.6 Å². The smallest absolute Gasteiger partial charge is 0.300 e. The monoisotopic (exact) mass is 192 g/mol. The van der Waals surface area contributed by atoms with Crippen LogP contribution in [0.15, 0.2) is 0 Å². The van der Waals surface area contributed by atoms with Gasteiger partial charge in [-0.2, -0.15) is 0 Å². The largest absolute Gasteiger partial charge is 0.481 e. The molecule has 0 aliphatic heterocycles. The second kappa shape index (κ2) is 9.02. The Balaban J connectivity index is -0.0000000450. The van der Waals surface area contributed by atoms with E-state index in [0.29, 0.717) is 0 Å². The molecule has 0 saturated heterocycles. The molecule has 0 aliphatic carbocycles. The molecule has 0 saturated carbocycles. The molecule has 0 aromatic carbocycles. The maximum Gasteiger partial charge on any atom is 0.300 e. The van der Waals surface area contributed by atoms with E-state index in [-0.39, 0.29) is 32.8 Å². The van der Waals surface area contributed by atoms with Gasteiger partial charge in [-0.15, -0.1) is 0 Å². The van der Waals surface area contributed by atoms with Gasteiger partial charge in [-0.25, -0.2) is 0 Å². The van der Waals surface area contributed by atoms with Crippen molar-refractivity contribution in [2.24, 2.45) is 0 Å². The first-order valence-corrected chi connectivity index (χ1v) is 0.928. The third-order valence-electron chi connectivity index (χ3n) is 0. The van der Waals surface area contributed by atoms with E-state index in [9.17, 15) is 0 Å². The van der Waals surface area contributed by atoms with Crippen LogP contribution >= 0.6 is 0 Å². The number of aliphatic carboxylic acids is 1. The number of carboxylic acid groups (broad SMARTS) is 1. The number of hydrogen-bond acceptors (Lipinski definition) is 1. The molecule has 0 heterocycles. The number of hydrogen-bond donors (Lipinski definition) is 1. The fourth-order valence-electron chi connectivity index (χ4n) is 0. The summed E-state index contributed by atoms with van der Waals surface area (Å²) in [6.07, 6.45) is 0. The zero-order valence-electron chi connectivity index (χ0n) is 3.56. The molecule has 0 atom stereocenters. The van der Waals surface area contributed by atoms with Crippen molar-refractivity contribution in [2.75, 3.05) is 0 Å². The summed E-state index contributed by atoms with van der Waals surface area (Å²) >= 11 is 0. The van der Waals surface area contributed by atoms with E-state index < -0.39 is 5.97 Å². The third kappa shape index (κ3) is 395. The van der Waals surface area contributed by atoms with Gasteiger partial charge in [0.15, 0.2) is 0 Å². The Bertz CT molecular complexity index is 31.8. The summed E-state index contributed by atoms with van der Waals surface area (Å²) in [4.78, 5) is 9.00. The van der Waals surface area contributed by atoms with Crippen LogP contribution in [0.3, 0.4) is 0 Å². The quantitative estimate of drug-likeness (QED) is 0.512. The summed E-state index contributed by atoms with van der Waals surface area (Å²) in [6.45, 7) is 1.08. The topological polar surface area (TPSA) is 68.8 Å². The average Bonchev–Trinajstić information content (AvgIpc) is 0.811. The zero-order chi connectivity index (χ0) is 3.58. The summed E-state index contributed by atoms with van der Waals surface area (Å²) in [5.41, 5.74) is 0. The average molecular weight is 190 g/mol. The molecule has 34 valence electrons. The predicted molar refractivity (Wildman–Crippen MR) is 16.9 cm³/mol. The standard InChI is InChI=1S/C2H4O2.Cd.H2O/c1-2(3)4;;/h1H3,(H,3,4);;1H2. The fraction of sp³-hybridized carbons (Fsp3) is 0.500. The van der Waals surface area contributed by atoms with Crippen molar-refractivity contribution in [2.45, 2.75) is 6.92 Å². The van der Waals surface area contributed by atoms with E-state index >= 15 is 0 Å². The van der Waals surface area contributed by atoms with Gasteiger partial charge in [-0.3, -0.25) is 4.79 Å². The molecule has 0 bridgehead atoms. The normalized spacial score (nSPS) is 4.17. The van der Waals surface area contributed by atoms with Gasteiger partial charge >= 0.3 is 0 Å². The molecule has 0 aromatic rings. The summed E-state index contributed by atoms with van der Waals surface area (Å²) in [5, 5.41) is 7.42. The molecule has 0 unspecified atom stereocenters. The van der Waals surface area contributed by atoms with Crippen LogP contribution in [0.4, 0.5) is 0 Å². The Kier molecular flexibility index (Phi) is 24.3. The number of rotatable bonds is 0. The van der Waals surface area contributed by atoms with Gasteiger partial charge in [0.25, 0.3) is 5.97 Å². The van der Waals surface area contributed by atoms with Gasteiger partial charge < -0.3 is 10.6 Å². The number of carbonyl (C=O) groups is 1. The van der Waals surface area contributed by atoms with Gasteiger partial charge in [0.1, 0.15) is 0 Å². The maximum atomic E-state index is 9.00. The van der Waals surface area contributed by atoms with Gasteiger partial charge in [0.2, 0.25) is 0 Å². The first-order chi connectivity index (χ1) is 1.73. The molecule has 0 fully saturated rings. The minimum atomic E-state index is -0.833. The van der Waals surface area contributed by atoms with Crippen molar-refractivity contribution in [3.05, 3.63) is 0 Å². The molecule has 0 rings (SSSR count). The van der Waals surface area contributed by atoms with E-state index in [4.69, 9.17) is 9.90 Å². The summed E-state index contributed by atoms with van der Waals surface area (Å²) in [6, 6.07) is 0. The zero-order valence-corrected chi connectivity index (χ0v) is 7.60. The second-order valence-electron chi connectivity index (χ2n) is 0.519. The Morgan fingerprint density at radius 3 is 1.67 bits per heavy atom. The molecule has 0 spiro atoms. The van der Waals surface area contributed by atoms with Crippen molar-refractivity contribution in [1.29, 1.82) is 0 Å². The van der Waals surface area contributed by atoms with Crippen LogP contribution in [-0.2, 0) is 32.1 Å². The van der Waals surface area contributed by atoms with Crippen LogP contribution in [0, 0.1) is 0 Å². The molecule has 0 aromatic heterocycles. The van der Waals surface area contributed by atoms with Gasteiger partial charge in [0.05, 0.1) is 0 Å². The van der Waals surface area contributed by atoms with Crippen molar-refractivity contribution in [3.63, 3.8) is 0 Å². The Hall–Kier alpha value is 0.352. The predicted octanol–water partition coefficient (Wildman–Crippen LogP) is -0.736. The van der Waals surface area contributed by atoms with Crippen LogP contribution < -0.4 is 0 Å². The first-order valence-electron chi connectivity index (χ1n) is 0.928. The summed E-state index contributed by atoms with van der Waals surface area (Å²) in [7, 11) is 0. The molecule has 0 aliphatic rings. The van der Waals surface area contributed by atoms with Crippen molar-refractivity contribution >= 4 is 5.97 Å². The minimum absolute atomic E-state index is 0. The minimum Gasteiger partial charge on any atom is -0.481 e.